The van der Waals surface area contributed by atoms with Crippen LogP contribution in [0, 0.1) is 0 Å². The van der Waals surface area contributed by atoms with Gasteiger partial charge in [0.1, 0.15) is 0 Å². The van der Waals surface area contributed by atoms with Gasteiger partial charge in [0.25, 0.3) is 0 Å². The van der Waals surface area contributed by atoms with Gasteiger partial charge in [-0.1, -0.05) is 11.2 Å². The summed E-state index contributed by atoms with van der Waals surface area (Å²) in [4.78, 5) is 17.1. The first kappa shape index (κ1) is 15.2. The van der Waals surface area contributed by atoms with Gasteiger partial charge < -0.3 is 14.6 Å². The Balaban J connectivity index is 1.36. The molecule has 22 heavy (non-hydrogen) atoms. The molecule has 0 aliphatic carbocycles. The fraction of sp³-hybridized carbons (Fsp3) is 0.533. The molecule has 6 nitrogen and oxygen atoms in total. The highest BCUT2D eigenvalue weighted by molar-refractivity contribution is 7.13. The Labute approximate surface area is 132 Å². The molecule has 3 rings (SSSR count). The van der Waals surface area contributed by atoms with Crippen molar-refractivity contribution < 1.29 is 14.1 Å². The summed E-state index contributed by atoms with van der Waals surface area (Å²) >= 11 is 1.58. The first-order valence-electron chi connectivity index (χ1n) is 7.56. The van der Waals surface area contributed by atoms with E-state index in [9.17, 15) is 4.79 Å². The fourth-order valence-electron chi connectivity index (χ4n) is 2.38. The summed E-state index contributed by atoms with van der Waals surface area (Å²) in [7, 11) is 0. The molecule has 118 valence electrons. The molecule has 0 bridgehead atoms. The summed E-state index contributed by atoms with van der Waals surface area (Å²) in [5, 5.41) is 8.84. The molecule has 0 radical (unpaired) electrons. The van der Waals surface area contributed by atoms with Gasteiger partial charge in [-0.05, 0) is 30.7 Å². The maximum absolute atomic E-state index is 11.8. The summed E-state index contributed by atoms with van der Waals surface area (Å²) < 4.78 is 10.7. The lowest BCUT2D eigenvalue weighted by Gasteiger charge is -2.10. The van der Waals surface area contributed by atoms with Gasteiger partial charge in [-0.2, -0.15) is 4.98 Å². The SMILES string of the molecule is O=C(CCCc1nc(-c2cccs2)no1)NC[C@H]1CCCO1. The van der Waals surface area contributed by atoms with Crippen LogP contribution in [0.2, 0.25) is 0 Å². The maximum atomic E-state index is 11.8. The van der Waals surface area contributed by atoms with Gasteiger partial charge >= 0.3 is 0 Å². The molecule has 7 heteroatoms. The first-order chi connectivity index (χ1) is 10.8. The Morgan fingerprint density at radius 2 is 2.45 bits per heavy atom. The monoisotopic (exact) mass is 321 g/mol. The molecular formula is C15H19N3O3S. The molecule has 2 aromatic heterocycles. The highest BCUT2D eigenvalue weighted by Crippen LogP contribution is 2.21. The second-order valence-electron chi connectivity index (χ2n) is 5.28. The number of hydrogen-bond donors (Lipinski definition) is 1. The molecule has 1 N–H and O–H groups in total. The van der Waals surface area contributed by atoms with Crippen molar-refractivity contribution in [3.8, 4) is 10.7 Å². The number of hydrogen-bond acceptors (Lipinski definition) is 6. The number of thiophene rings is 1. The van der Waals surface area contributed by atoms with Crippen molar-refractivity contribution in [2.45, 2.75) is 38.2 Å². The maximum Gasteiger partial charge on any atom is 0.226 e. The van der Waals surface area contributed by atoms with Gasteiger partial charge in [0, 0.05) is 26.0 Å². The fourth-order valence-corrected chi connectivity index (χ4v) is 3.03. The van der Waals surface area contributed by atoms with Gasteiger partial charge in [-0.15, -0.1) is 11.3 Å². The van der Waals surface area contributed by atoms with E-state index in [4.69, 9.17) is 9.26 Å². The van der Waals surface area contributed by atoms with Gasteiger partial charge in [0.2, 0.25) is 17.6 Å². The summed E-state index contributed by atoms with van der Waals surface area (Å²) in [6, 6.07) is 3.91. The number of ether oxygens (including phenoxy) is 1. The predicted molar refractivity (Wildman–Crippen MR) is 82.5 cm³/mol. The number of aryl methyl sites for hydroxylation is 1. The number of aromatic nitrogens is 2. The van der Waals surface area contributed by atoms with Crippen LogP contribution >= 0.6 is 11.3 Å². The van der Waals surface area contributed by atoms with Crippen molar-refractivity contribution in [3.05, 3.63) is 23.4 Å². The molecule has 0 spiro atoms. The number of nitrogens with one attached hydrogen (secondary N) is 1. The lowest BCUT2D eigenvalue weighted by molar-refractivity contribution is -0.121. The molecule has 0 aromatic carbocycles. The van der Waals surface area contributed by atoms with E-state index in [1.165, 1.54) is 0 Å². The van der Waals surface area contributed by atoms with E-state index in [1.54, 1.807) is 11.3 Å². The highest BCUT2D eigenvalue weighted by Gasteiger charge is 2.16. The second-order valence-corrected chi connectivity index (χ2v) is 6.23. The minimum absolute atomic E-state index is 0.0495. The topological polar surface area (TPSA) is 77.2 Å². The second kappa shape index (κ2) is 7.51. The van der Waals surface area contributed by atoms with E-state index < -0.39 is 0 Å². The Kier molecular flexibility index (Phi) is 5.18. The minimum Gasteiger partial charge on any atom is -0.376 e. The number of carbonyl (C=O) groups is 1. The zero-order chi connectivity index (χ0) is 15.2. The largest absolute Gasteiger partial charge is 0.376 e. The van der Waals surface area contributed by atoms with E-state index in [-0.39, 0.29) is 12.0 Å². The molecule has 2 aromatic rings. The minimum atomic E-state index is 0.0495. The molecule has 1 aliphatic heterocycles. The van der Waals surface area contributed by atoms with Gasteiger partial charge in [0.05, 0.1) is 11.0 Å². The molecule has 1 atom stereocenters. The van der Waals surface area contributed by atoms with E-state index in [1.807, 2.05) is 17.5 Å². The van der Waals surface area contributed by atoms with Crippen LogP contribution in [0.5, 0.6) is 0 Å². The van der Waals surface area contributed by atoms with Crippen molar-refractivity contribution in [1.82, 2.24) is 15.5 Å². The molecule has 0 unspecified atom stereocenters. The third kappa shape index (κ3) is 4.14. The lowest BCUT2D eigenvalue weighted by Crippen LogP contribution is -2.31. The van der Waals surface area contributed by atoms with E-state index in [2.05, 4.69) is 15.5 Å². The third-order valence-electron chi connectivity index (χ3n) is 3.56. The highest BCUT2D eigenvalue weighted by atomic mass is 32.1. The van der Waals surface area contributed by atoms with Crippen molar-refractivity contribution in [3.63, 3.8) is 0 Å². The average molecular weight is 321 g/mol. The van der Waals surface area contributed by atoms with Crippen LogP contribution in [0.25, 0.3) is 10.7 Å². The number of carbonyl (C=O) groups excluding carboxylic acids is 1. The van der Waals surface area contributed by atoms with E-state index in [0.29, 0.717) is 37.5 Å². The van der Waals surface area contributed by atoms with Crippen molar-refractivity contribution in [1.29, 1.82) is 0 Å². The zero-order valence-electron chi connectivity index (χ0n) is 12.3. The normalized spacial score (nSPS) is 17.7. The van der Waals surface area contributed by atoms with Gasteiger partial charge in [-0.25, -0.2) is 0 Å². The third-order valence-corrected chi connectivity index (χ3v) is 4.42. The smallest absolute Gasteiger partial charge is 0.226 e. The Morgan fingerprint density at radius 1 is 1.50 bits per heavy atom. The van der Waals surface area contributed by atoms with E-state index in [0.717, 1.165) is 24.3 Å². The summed E-state index contributed by atoms with van der Waals surface area (Å²) in [5.74, 6) is 1.25. The van der Waals surface area contributed by atoms with Crippen LogP contribution in [0.3, 0.4) is 0 Å². The van der Waals surface area contributed by atoms with Gasteiger partial charge in [-0.3, -0.25) is 4.79 Å². The number of amides is 1. The van der Waals surface area contributed by atoms with Crippen molar-refractivity contribution in [2.24, 2.45) is 0 Å². The number of nitrogens with zero attached hydrogens (tertiary/aromatic N) is 2. The number of rotatable bonds is 7. The molecule has 1 saturated heterocycles. The first-order valence-corrected chi connectivity index (χ1v) is 8.44. The average Bonchev–Trinajstić information content (AvgIpc) is 3.26. The Morgan fingerprint density at radius 3 is 3.23 bits per heavy atom. The summed E-state index contributed by atoms with van der Waals surface area (Å²) in [5.41, 5.74) is 0. The van der Waals surface area contributed by atoms with Crippen LogP contribution < -0.4 is 5.32 Å². The van der Waals surface area contributed by atoms with Crippen LogP contribution in [-0.2, 0) is 16.0 Å². The molecule has 1 aliphatic rings. The molecular weight excluding hydrogens is 302 g/mol. The molecule has 3 heterocycles. The standard InChI is InChI=1S/C15H19N3O3S/c19-13(16-10-11-4-2-8-20-11)6-1-7-14-17-15(18-21-14)12-5-3-9-22-12/h3,5,9,11H,1-2,4,6-8,10H2,(H,16,19)/t11-/m1/s1. The van der Waals surface area contributed by atoms with E-state index >= 15 is 0 Å². The lowest BCUT2D eigenvalue weighted by atomic mass is 10.2. The predicted octanol–water partition coefficient (Wildman–Crippen LogP) is 2.42. The van der Waals surface area contributed by atoms with Crippen molar-refractivity contribution in [2.75, 3.05) is 13.2 Å². The van der Waals surface area contributed by atoms with Crippen LogP contribution in [0.15, 0.2) is 22.0 Å². The van der Waals surface area contributed by atoms with Crippen LogP contribution in [0.1, 0.15) is 31.6 Å². The summed E-state index contributed by atoms with van der Waals surface area (Å²) in [6.07, 6.45) is 4.09. The Hall–Kier alpha value is -1.73. The zero-order valence-corrected chi connectivity index (χ0v) is 13.1. The molecule has 1 fully saturated rings. The quantitative estimate of drug-likeness (QED) is 0.847. The van der Waals surface area contributed by atoms with Crippen LogP contribution in [0.4, 0.5) is 0 Å². The summed E-state index contributed by atoms with van der Waals surface area (Å²) in [6.45, 7) is 1.42. The molecule has 0 saturated carbocycles. The Bertz CT molecular complexity index is 591. The van der Waals surface area contributed by atoms with Gasteiger partial charge in [0.15, 0.2) is 0 Å². The van der Waals surface area contributed by atoms with Crippen LogP contribution in [-0.4, -0.2) is 35.3 Å². The van der Waals surface area contributed by atoms with Crippen molar-refractivity contribution >= 4 is 17.2 Å². The molecule has 1 amide bonds.